The van der Waals surface area contributed by atoms with Crippen molar-refractivity contribution >= 4 is 21.6 Å². The van der Waals surface area contributed by atoms with E-state index in [4.69, 9.17) is 0 Å². The second-order valence-electron chi connectivity index (χ2n) is 6.30. The highest BCUT2D eigenvalue weighted by atomic mass is 32.2. The van der Waals surface area contributed by atoms with Crippen LogP contribution in [-0.4, -0.2) is 68.6 Å². The fourth-order valence-electron chi connectivity index (χ4n) is 3.47. The van der Waals surface area contributed by atoms with E-state index in [1.54, 1.807) is 23.1 Å². The van der Waals surface area contributed by atoms with Crippen molar-refractivity contribution in [2.75, 3.05) is 43.9 Å². The van der Waals surface area contributed by atoms with Gasteiger partial charge in [-0.25, -0.2) is 12.8 Å². The van der Waals surface area contributed by atoms with E-state index in [0.29, 0.717) is 51.3 Å². The summed E-state index contributed by atoms with van der Waals surface area (Å²) in [7, 11) is -3.37. The van der Waals surface area contributed by atoms with Crippen LogP contribution < -0.4 is 4.90 Å². The summed E-state index contributed by atoms with van der Waals surface area (Å²) in [4.78, 5) is 16.3. The summed E-state index contributed by atoms with van der Waals surface area (Å²) < 4.78 is 38.8. The van der Waals surface area contributed by atoms with E-state index in [0.717, 1.165) is 6.26 Å². The van der Waals surface area contributed by atoms with Crippen molar-refractivity contribution in [2.45, 2.75) is 18.9 Å². The number of piperazine rings is 1. The van der Waals surface area contributed by atoms with Crippen molar-refractivity contribution in [2.24, 2.45) is 0 Å². The predicted octanol–water partition coefficient (Wildman–Crippen LogP) is 0.898. The standard InChI is InChI=1S/C16H22FN3O3S/c1-24(22,23)20-8-4-7-15(20)16(21)19-11-9-18(10-12-19)14-6-3-2-5-13(14)17/h2-3,5-6,15H,4,7-12H2,1H3. The highest BCUT2D eigenvalue weighted by molar-refractivity contribution is 7.88. The van der Waals surface area contributed by atoms with Crippen molar-refractivity contribution in [3.8, 4) is 0 Å². The minimum absolute atomic E-state index is 0.133. The second-order valence-corrected chi connectivity index (χ2v) is 8.23. The minimum Gasteiger partial charge on any atom is -0.366 e. The minimum atomic E-state index is -3.37. The first-order valence-corrected chi connectivity index (χ1v) is 9.98. The Morgan fingerprint density at radius 3 is 2.42 bits per heavy atom. The molecule has 1 atom stereocenters. The molecule has 0 bridgehead atoms. The molecule has 2 fully saturated rings. The molecule has 1 amide bonds. The molecule has 0 aliphatic carbocycles. The summed E-state index contributed by atoms with van der Waals surface area (Å²) in [6.45, 7) is 2.43. The van der Waals surface area contributed by atoms with E-state index in [2.05, 4.69) is 0 Å². The molecule has 1 unspecified atom stereocenters. The molecule has 8 heteroatoms. The van der Waals surface area contributed by atoms with E-state index < -0.39 is 16.1 Å². The summed E-state index contributed by atoms with van der Waals surface area (Å²) >= 11 is 0. The van der Waals surface area contributed by atoms with Gasteiger partial charge in [0.1, 0.15) is 11.9 Å². The second kappa shape index (κ2) is 6.68. The zero-order valence-corrected chi connectivity index (χ0v) is 14.5. The maximum Gasteiger partial charge on any atom is 0.241 e. The Labute approximate surface area is 141 Å². The number of carbonyl (C=O) groups excluding carboxylic acids is 1. The molecule has 132 valence electrons. The Kier molecular flexibility index (Phi) is 4.78. The number of hydrogen-bond donors (Lipinski definition) is 0. The van der Waals surface area contributed by atoms with Crippen LogP contribution in [0.5, 0.6) is 0 Å². The predicted molar refractivity (Wildman–Crippen MR) is 89.8 cm³/mol. The third-order valence-electron chi connectivity index (χ3n) is 4.70. The van der Waals surface area contributed by atoms with Crippen molar-refractivity contribution in [1.82, 2.24) is 9.21 Å². The number of anilines is 1. The lowest BCUT2D eigenvalue weighted by molar-refractivity contribution is -0.134. The monoisotopic (exact) mass is 355 g/mol. The van der Waals surface area contributed by atoms with Crippen LogP contribution in [0.3, 0.4) is 0 Å². The molecule has 2 aliphatic rings. The molecule has 6 nitrogen and oxygen atoms in total. The normalized spacial score (nSPS) is 22.8. The van der Waals surface area contributed by atoms with Crippen LogP contribution in [0.25, 0.3) is 0 Å². The number of sulfonamides is 1. The van der Waals surface area contributed by atoms with Gasteiger partial charge in [-0.15, -0.1) is 0 Å². The van der Waals surface area contributed by atoms with E-state index in [9.17, 15) is 17.6 Å². The van der Waals surface area contributed by atoms with Crippen LogP contribution in [0.2, 0.25) is 0 Å². The molecular formula is C16H22FN3O3S. The number of benzene rings is 1. The number of halogens is 1. The molecule has 2 saturated heterocycles. The smallest absolute Gasteiger partial charge is 0.241 e. The lowest BCUT2D eigenvalue weighted by Crippen LogP contribution is -2.54. The molecule has 2 heterocycles. The van der Waals surface area contributed by atoms with Crippen LogP contribution in [0.15, 0.2) is 24.3 Å². The van der Waals surface area contributed by atoms with E-state index in [1.807, 2.05) is 4.90 Å². The first kappa shape index (κ1) is 17.2. The van der Waals surface area contributed by atoms with Gasteiger partial charge in [-0.05, 0) is 25.0 Å². The van der Waals surface area contributed by atoms with E-state index >= 15 is 0 Å². The Morgan fingerprint density at radius 1 is 1.12 bits per heavy atom. The lowest BCUT2D eigenvalue weighted by atomic mass is 10.1. The molecular weight excluding hydrogens is 333 g/mol. The van der Waals surface area contributed by atoms with Gasteiger partial charge in [0.15, 0.2) is 0 Å². The third kappa shape index (κ3) is 3.39. The third-order valence-corrected chi connectivity index (χ3v) is 5.99. The fourth-order valence-corrected chi connectivity index (χ4v) is 4.59. The Hall–Kier alpha value is -1.67. The van der Waals surface area contributed by atoms with Crippen LogP contribution in [0, 0.1) is 5.82 Å². The zero-order chi connectivity index (χ0) is 17.3. The average molecular weight is 355 g/mol. The van der Waals surface area contributed by atoms with Crippen molar-refractivity contribution < 1.29 is 17.6 Å². The van der Waals surface area contributed by atoms with Crippen molar-refractivity contribution in [3.63, 3.8) is 0 Å². The maximum absolute atomic E-state index is 13.9. The molecule has 24 heavy (non-hydrogen) atoms. The SMILES string of the molecule is CS(=O)(=O)N1CCCC1C(=O)N1CCN(c2ccccc2F)CC1. The van der Waals surface area contributed by atoms with Gasteiger partial charge in [0, 0.05) is 32.7 Å². The molecule has 3 rings (SSSR count). The van der Waals surface area contributed by atoms with Gasteiger partial charge in [-0.3, -0.25) is 4.79 Å². The van der Waals surface area contributed by atoms with Crippen LogP contribution in [0.1, 0.15) is 12.8 Å². The fraction of sp³-hybridized carbons (Fsp3) is 0.562. The lowest BCUT2D eigenvalue weighted by Gasteiger charge is -2.38. The van der Waals surface area contributed by atoms with E-state index in [-0.39, 0.29) is 11.7 Å². The van der Waals surface area contributed by atoms with E-state index in [1.165, 1.54) is 10.4 Å². The largest absolute Gasteiger partial charge is 0.366 e. The van der Waals surface area contributed by atoms with Crippen LogP contribution in [0.4, 0.5) is 10.1 Å². The first-order chi connectivity index (χ1) is 11.4. The van der Waals surface area contributed by atoms with Gasteiger partial charge in [-0.2, -0.15) is 4.31 Å². The molecule has 0 radical (unpaired) electrons. The Morgan fingerprint density at radius 2 is 1.79 bits per heavy atom. The summed E-state index contributed by atoms with van der Waals surface area (Å²) in [5.41, 5.74) is 0.545. The average Bonchev–Trinajstić information content (AvgIpc) is 3.05. The first-order valence-electron chi connectivity index (χ1n) is 8.13. The van der Waals surface area contributed by atoms with Crippen molar-refractivity contribution in [3.05, 3.63) is 30.1 Å². The Balaban J connectivity index is 1.64. The number of nitrogens with zero attached hydrogens (tertiary/aromatic N) is 3. The molecule has 0 spiro atoms. The zero-order valence-electron chi connectivity index (χ0n) is 13.7. The number of carbonyl (C=O) groups is 1. The molecule has 1 aromatic carbocycles. The molecule has 0 N–H and O–H groups in total. The number of amides is 1. The summed E-state index contributed by atoms with van der Waals surface area (Å²) in [6.07, 6.45) is 2.42. The van der Waals surface area contributed by atoms with Gasteiger partial charge in [0.05, 0.1) is 11.9 Å². The molecule has 0 saturated carbocycles. The van der Waals surface area contributed by atoms with Gasteiger partial charge in [0.25, 0.3) is 0 Å². The topological polar surface area (TPSA) is 60.9 Å². The van der Waals surface area contributed by atoms with Gasteiger partial charge < -0.3 is 9.80 Å². The summed E-state index contributed by atoms with van der Waals surface area (Å²) in [5, 5.41) is 0. The van der Waals surface area contributed by atoms with Gasteiger partial charge in [0.2, 0.25) is 15.9 Å². The molecule has 2 aliphatic heterocycles. The number of para-hydroxylation sites is 1. The number of hydrogen-bond acceptors (Lipinski definition) is 4. The highest BCUT2D eigenvalue weighted by Crippen LogP contribution is 2.24. The summed E-state index contributed by atoms with van der Waals surface area (Å²) in [5.74, 6) is -0.401. The van der Waals surface area contributed by atoms with Crippen molar-refractivity contribution in [1.29, 1.82) is 0 Å². The Bertz CT molecular complexity index is 717. The highest BCUT2D eigenvalue weighted by Gasteiger charge is 2.39. The van der Waals surface area contributed by atoms with Gasteiger partial charge in [-0.1, -0.05) is 12.1 Å². The summed E-state index contributed by atoms with van der Waals surface area (Å²) in [6, 6.07) is 6.02. The molecule has 0 aromatic heterocycles. The number of rotatable bonds is 3. The maximum atomic E-state index is 13.9. The van der Waals surface area contributed by atoms with Crippen LogP contribution in [-0.2, 0) is 14.8 Å². The van der Waals surface area contributed by atoms with Gasteiger partial charge >= 0.3 is 0 Å². The quantitative estimate of drug-likeness (QED) is 0.808. The molecule has 1 aromatic rings. The van der Waals surface area contributed by atoms with Crippen LogP contribution >= 0.6 is 0 Å².